The predicted octanol–water partition coefficient (Wildman–Crippen LogP) is 4.58. The molecule has 1 aliphatic carbocycles. The lowest BCUT2D eigenvalue weighted by molar-refractivity contribution is 0.0971. The number of anilines is 1. The van der Waals surface area contributed by atoms with Crippen LogP contribution in [0, 0.1) is 0 Å². The Hall–Kier alpha value is -1.64. The van der Waals surface area contributed by atoms with Gasteiger partial charge in [-0.1, -0.05) is 6.07 Å². The van der Waals surface area contributed by atoms with Gasteiger partial charge in [-0.3, -0.25) is 9.52 Å². The second kappa shape index (κ2) is 5.72. The molecular formula is C16H12BrNO4S2. The molecule has 0 fully saturated rings. The molecule has 8 heteroatoms. The quantitative estimate of drug-likeness (QED) is 0.666. The van der Waals surface area contributed by atoms with Crippen molar-refractivity contribution >= 4 is 59.7 Å². The second-order valence-corrected chi connectivity index (χ2v) is 9.26. The number of rotatable bonds is 3. The van der Waals surface area contributed by atoms with E-state index in [0.29, 0.717) is 38.9 Å². The van der Waals surface area contributed by atoms with Crippen molar-refractivity contribution in [3.8, 4) is 0 Å². The molecular weight excluding hydrogens is 414 g/mol. The summed E-state index contributed by atoms with van der Waals surface area (Å²) in [6, 6.07) is 6.54. The summed E-state index contributed by atoms with van der Waals surface area (Å²) < 4.78 is 34.0. The number of furan rings is 1. The number of aryl methyl sites for hydroxylation is 1. The molecule has 4 rings (SSSR count). The molecule has 24 heavy (non-hydrogen) atoms. The summed E-state index contributed by atoms with van der Waals surface area (Å²) >= 11 is 4.56. The van der Waals surface area contributed by atoms with E-state index in [2.05, 4.69) is 20.7 Å². The number of nitrogens with one attached hydrogen (secondary N) is 1. The first-order valence-corrected chi connectivity index (χ1v) is 10.5. The van der Waals surface area contributed by atoms with Crippen molar-refractivity contribution in [1.29, 1.82) is 0 Å². The number of ketones is 1. The van der Waals surface area contributed by atoms with Gasteiger partial charge in [-0.15, -0.1) is 11.3 Å². The van der Waals surface area contributed by atoms with E-state index in [1.807, 2.05) is 0 Å². The van der Waals surface area contributed by atoms with Gasteiger partial charge in [0.15, 0.2) is 5.78 Å². The van der Waals surface area contributed by atoms with Crippen LogP contribution in [-0.2, 0) is 16.4 Å². The van der Waals surface area contributed by atoms with E-state index >= 15 is 0 Å². The Kier molecular flexibility index (Phi) is 3.78. The monoisotopic (exact) mass is 425 g/mol. The van der Waals surface area contributed by atoms with Crippen molar-refractivity contribution in [2.24, 2.45) is 0 Å². The van der Waals surface area contributed by atoms with Crippen LogP contribution in [0.3, 0.4) is 0 Å². The third-order valence-electron chi connectivity index (χ3n) is 3.92. The summed E-state index contributed by atoms with van der Waals surface area (Å²) in [5.74, 6) is 0.723. The van der Waals surface area contributed by atoms with E-state index in [1.54, 1.807) is 29.6 Å². The molecule has 0 radical (unpaired) electrons. The van der Waals surface area contributed by atoms with Crippen LogP contribution in [0.5, 0.6) is 0 Å². The number of sulfonamides is 1. The van der Waals surface area contributed by atoms with Gasteiger partial charge in [-0.05, 0) is 45.9 Å². The highest BCUT2D eigenvalue weighted by Crippen LogP contribution is 2.38. The third-order valence-corrected chi connectivity index (χ3v) is 7.28. The highest BCUT2D eigenvalue weighted by Gasteiger charge is 2.26. The number of benzene rings is 1. The van der Waals surface area contributed by atoms with Crippen LogP contribution in [0.4, 0.5) is 5.69 Å². The van der Waals surface area contributed by atoms with Crippen LogP contribution in [0.15, 0.2) is 42.7 Å². The first-order valence-electron chi connectivity index (χ1n) is 7.30. The van der Waals surface area contributed by atoms with Crippen molar-refractivity contribution in [3.05, 3.63) is 45.4 Å². The highest BCUT2D eigenvalue weighted by atomic mass is 79.9. The van der Waals surface area contributed by atoms with E-state index in [4.69, 9.17) is 4.42 Å². The fraction of sp³-hybridized carbons (Fsp3) is 0.188. The Bertz CT molecular complexity index is 1050. The Morgan fingerprint density at radius 1 is 1.25 bits per heavy atom. The zero-order valence-corrected chi connectivity index (χ0v) is 15.6. The predicted molar refractivity (Wildman–Crippen MR) is 96.3 cm³/mol. The maximum absolute atomic E-state index is 12.4. The minimum absolute atomic E-state index is 0.0418. The van der Waals surface area contributed by atoms with Gasteiger partial charge in [0.25, 0.3) is 10.0 Å². The van der Waals surface area contributed by atoms with Crippen molar-refractivity contribution in [2.75, 3.05) is 4.72 Å². The van der Waals surface area contributed by atoms with Gasteiger partial charge in [0, 0.05) is 18.2 Å². The molecule has 2 heterocycles. The summed E-state index contributed by atoms with van der Waals surface area (Å²) in [4.78, 5) is 12.2. The molecule has 0 saturated heterocycles. The van der Waals surface area contributed by atoms with Crippen molar-refractivity contribution < 1.29 is 17.6 Å². The molecule has 0 unspecified atom stereocenters. The number of fused-ring (bicyclic) bond motifs is 3. The first kappa shape index (κ1) is 15.9. The van der Waals surface area contributed by atoms with Crippen molar-refractivity contribution in [2.45, 2.75) is 23.5 Å². The molecule has 0 amide bonds. The molecule has 0 bridgehead atoms. The number of halogens is 1. The molecule has 1 N–H and O–H groups in total. The number of thiophene rings is 1. The zero-order valence-electron chi connectivity index (χ0n) is 12.3. The summed E-state index contributed by atoms with van der Waals surface area (Å²) in [5, 5.41) is 2.35. The molecule has 0 atom stereocenters. The Labute approximate surface area is 150 Å². The lowest BCUT2D eigenvalue weighted by atomic mass is 9.94. The number of hydrogen-bond acceptors (Lipinski definition) is 5. The molecule has 1 aliphatic rings. The largest absolute Gasteiger partial charge is 0.459 e. The van der Waals surface area contributed by atoms with Crippen LogP contribution >= 0.6 is 27.3 Å². The van der Waals surface area contributed by atoms with Gasteiger partial charge in [-0.25, -0.2) is 8.42 Å². The van der Waals surface area contributed by atoms with E-state index < -0.39 is 10.0 Å². The van der Waals surface area contributed by atoms with Crippen LogP contribution in [0.25, 0.3) is 11.0 Å². The molecule has 1 aromatic carbocycles. The Morgan fingerprint density at radius 2 is 2.08 bits per heavy atom. The van der Waals surface area contributed by atoms with Crippen LogP contribution < -0.4 is 4.72 Å². The molecule has 0 spiro atoms. The smallest absolute Gasteiger partial charge is 0.271 e. The minimum atomic E-state index is -3.64. The molecule has 5 nitrogen and oxygen atoms in total. The summed E-state index contributed by atoms with van der Waals surface area (Å²) in [7, 11) is -3.64. The van der Waals surface area contributed by atoms with Crippen LogP contribution in [-0.4, -0.2) is 14.2 Å². The summed E-state index contributed by atoms with van der Waals surface area (Å²) in [5.41, 5.74) is 1.55. The SMILES string of the molecule is O=C1CCCc2oc3c(Br)cc(NS(=O)(=O)c4cccs4)cc3c21. The van der Waals surface area contributed by atoms with Crippen LogP contribution in [0.2, 0.25) is 0 Å². The van der Waals surface area contributed by atoms with E-state index in [0.717, 1.165) is 24.2 Å². The third kappa shape index (κ3) is 2.58. The molecule has 0 aliphatic heterocycles. The normalized spacial score (nSPS) is 14.8. The lowest BCUT2D eigenvalue weighted by Crippen LogP contribution is -2.11. The number of carbonyl (C=O) groups is 1. The maximum atomic E-state index is 12.4. The topological polar surface area (TPSA) is 76.4 Å². The average molecular weight is 426 g/mol. The van der Waals surface area contributed by atoms with Crippen molar-refractivity contribution in [3.63, 3.8) is 0 Å². The van der Waals surface area contributed by atoms with Gasteiger partial charge in [-0.2, -0.15) is 0 Å². The highest BCUT2D eigenvalue weighted by molar-refractivity contribution is 9.10. The van der Waals surface area contributed by atoms with Gasteiger partial charge in [0.2, 0.25) is 0 Å². The standard InChI is InChI=1S/C16H12BrNO4S2/c17-11-8-9(18-24(20,21)14-5-2-6-23-14)7-10-15-12(19)3-1-4-13(15)22-16(10)11/h2,5-8,18H,1,3-4H2. The van der Waals surface area contributed by atoms with E-state index in [9.17, 15) is 13.2 Å². The van der Waals surface area contributed by atoms with Crippen LogP contribution in [0.1, 0.15) is 29.0 Å². The van der Waals surface area contributed by atoms with Gasteiger partial charge in [0.05, 0.1) is 15.7 Å². The minimum Gasteiger partial charge on any atom is -0.459 e. The van der Waals surface area contributed by atoms with E-state index in [1.165, 1.54) is 0 Å². The summed E-state index contributed by atoms with van der Waals surface area (Å²) in [6.45, 7) is 0. The molecule has 3 aromatic rings. The second-order valence-electron chi connectivity index (χ2n) is 5.55. The lowest BCUT2D eigenvalue weighted by Gasteiger charge is -2.09. The number of carbonyl (C=O) groups excluding carboxylic acids is 1. The maximum Gasteiger partial charge on any atom is 0.271 e. The van der Waals surface area contributed by atoms with Crippen molar-refractivity contribution in [1.82, 2.24) is 0 Å². The van der Waals surface area contributed by atoms with Gasteiger partial charge < -0.3 is 4.42 Å². The number of Topliss-reactive ketones (excluding diaryl/α,β-unsaturated/α-hetero) is 1. The van der Waals surface area contributed by atoms with Gasteiger partial charge in [0.1, 0.15) is 15.6 Å². The Morgan fingerprint density at radius 3 is 2.83 bits per heavy atom. The number of hydrogen-bond donors (Lipinski definition) is 1. The first-order chi connectivity index (χ1) is 11.5. The fourth-order valence-electron chi connectivity index (χ4n) is 2.90. The summed E-state index contributed by atoms with van der Waals surface area (Å²) in [6.07, 6.45) is 1.99. The Balaban J connectivity index is 1.83. The van der Waals surface area contributed by atoms with Gasteiger partial charge >= 0.3 is 0 Å². The molecule has 0 saturated carbocycles. The average Bonchev–Trinajstić information content (AvgIpc) is 3.15. The van der Waals surface area contributed by atoms with E-state index in [-0.39, 0.29) is 9.99 Å². The molecule has 2 aromatic heterocycles. The fourth-order valence-corrected chi connectivity index (χ4v) is 5.48. The zero-order chi connectivity index (χ0) is 16.9. The molecule has 124 valence electrons.